The Bertz CT molecular complexity index is 340. The maximum Gasteiger partial charge on any atom is 0.190 e. The van der Waals surface area contributed by atoms with Crippen molar-refractivity contribution >= 4 is 29.9 Å². The van der Waals surface area contributed by atoms with Gasteiger partial charge in [0.25, 0.3) is 0 Å². The van der Waals surface area contributed by atoms with Crippen LogP contribution >= 0.6 is 24.0 Å². The van der Waals surface area contributed by atoms with E-state index in [0.717, 1.165) is 38.0 Å². The highest BCUT2D eigenvalue weighted by Gasteiger charge is 2.16. The van der Waals surface area contributed by atoms with Gasteiger partial charge >= 0.3 is 0 Å². The number of hydrogen-bond donors (Lipinski definition) is 2. The van der Waals surface area contributed by atoms with E-state index in [4.69, 9.17) is 4.74 Å². The minimum atomic E-state index is 0. The summed E-state index contributed by atoms with van der Waals surface area (Å²) in [6.07, 6.45) is 10.7. The summed E-state index contributed by atoms with van der Waals surface area (Å²) in [6, 6.07) is 0. The van der Waals surface area contributed by atoms with E-state index in [-0.39, 0.29) is 24.0 Å². The van der Waals surface area contributed by atoms with Gasteiger partial charge in [0.15, 0.2) is 5.96 Å². The standard InChI is InChI=1S/C18H36N4O.HI/c1-19-18(21-15-16-9-12-22(2)13-10-16)20-11-6-14-23-17-7-4-3-5-8-17;/h16-17H,3-15H2,1-2H3,(H2,19,20,21);1H. The van der Waals surface area contributed by atoms with Crippen LogP contribution in [0.3, 0.4) is 0 Å². The fourth-order valence-corrected chi connectivity index (χ4v) is 3.49. The zero-order valence-electron chi connectivity index (χ0n) is 15.6. The number of hydrogen-bond acceptors (Lipinski definition) is 3. The first-order valence-corrected chi connectivity index (χ1v) is 9.52. The Labute approximate surface area is 165 Å². The maximum atomic E-state index is 5.96. The molecule has 2 aliphatic rings. The van der Waals surface area contributed by atoms with E-state index in [2.05, 4.69) is 27.6 Å². The molecule has 0 atom stereocenters. The van der Waals surface area contributed by atoms with E-state index in [9.17, 15) is 0 Å². The number of nitrogens with zero attached hydrogens (tertiary/aromatic N) is 2. The summed E-state index contributed by atoms with van der Waals surface area (Å²) < 4.78 is 5.96. The number of guanidine groups is 1. The van der Waals surface area contributed by atoms with Crippen molar-refractivity contribution in [2.75, 3.05) is 46.9 Å². The van der Waals surface area contributed by atoms with Crippen LogP contribution in [0.2, 0.25) is 0 Å². The number of halogens is 1. The summed E-state index contributed by atoms with van der Waals surface area (Å²) >= 11 is 0. The maximum absolute atomic E-state index is 5.96. The lowest BCUT2D eigenvalue weighted by Gasteiger charge is -2.29. The molecule has 2 fully saturated rings. The molecule has 0 aromatic carbocycles. The molecular weight excluding hydrogens is 415 g/mol. The van der Waals surface area contributed by atoms with Crippen LogP contribution in [-0.4, -0.2) is 63.8 Å². The summed E-state index contributed by atoms with van der Waals surface area (Å²) in [7, 11) is 4.06. The molecule has 1 saturated carbocycles. The highest BCUT2D eigenvalue weighted by Crippen LogP contribution is 2.20. The SMILES string of the molecule is CN=C(NCCCOC1CCCCC1)NCC1CCN(C)CC1.I. The molecule has 1 aliphatic heterocycles. The Kier molecular flexibility index (Phi) is 12.0. The molecule has 142 valence electrons. The van der Waals surface area contributed by atoms with Crippen molar-refractivity contribution in [3.63, 3.8) is 0 Å². The van der Waals surface area contributed by atoms with Gasteiger partial charge in [-0.1, -0.05) is 19.3 Å². The van der Waals surface area contributed by atoms with Crippen LogP contribution in [-0.2, 0) is 4.74 Å². The van der Waals surface area contributed by atoms with Gasteiger partial charge in [0.1, 0.15) is 0 Å². The van der Waals surface area contributed by atoms with Crippen LogP contribution in [0.1, 0.15) is 51.4 Å². The third kappa shape index (κ3) is 8.85. The first kappa shape index (κ1) is 22.0. The molecular formula is C18H37IN4O. The van der Waals surface area contributed by atoms with Gasteiger partial charge in [0, 0.05) is 26.7 Å². The van der Waals surface area contributed by atoms with Crippen LogP contribution in [0.5, 0.6) is 0 Å². The number of ether oxygens (including phenoxy) is 1. The van der Waals surface area contributed by atoms with Crippen molar-refractivity contribution in [3.8, 4) is 0 Å². The second-order valence-corrected chi connectivity index (χ2v) is 7.11. The Morgan fingerprint density at radius 2 is 1.79 bits per heavy atom. The van der Waals surface area contributed by atoms with Crippen molar-refractivity contribution in [2.45, 2.75) is 57.5 Å². The third-order valence-electron chi connectivity index (χ3n) is 5.14. The van der Waals surface area contributed by atoms with Crippen molar-refractivity contribution in [3.05, 3.63) is 0 Å². The molecule has 24 heavy (non-hydrogen) atoms. The zero-order valence-corrected chi connectivity index (χ0v) is 17.9. The van der Waals surface area contributed by atoms with Crippen molar-refractivity contribution < 1.29 is 4.74 Å². The fraction of sp³-hybridized carbons (Fsp3) is 0.944. The van der Waals surface area contributed by atoms with E-state index < -0.39 is 0 Å². The number of rotatable bonds is 7. The average molecular weight is 452 g/mol. The van der Waals surface area contributed by atoms with Gasteiger partial charge in [-0.15, -0.1) is 24.0 Å². The molecule has 0 amide bonds. The number of aliphatic imine (C=N–C) groups is 1. The van der Waals surface area contributed by atoms with E-state index >= 15 is 0 Å². The predicted molar refractivity (Wildman–Crippen MR) is 112 cm³/mol. The van der Waals surface area contributed by atoms with Gasteiger partial charge in [-0.05, 0) is 58.2 Å². The molecule has 1 heterocycles. The average Bonchev–Trinajstić information content (AvgIpc) is 2.59. The van der Waals surface area contributed by atoms with Gasteiger partial charge in [0.2, 0.25) is 0 Å². The van der Waals surface area contributed by atoms with Gasteiger partial charge in [-0.2, -0.15) is 0 Å². The fourth-order valence-electron chi connectivity index (χ4n) is 3.49. The molecule has 0 bridgehead atoms. The molecule has 0 aromatic heterocycles. The Hall–Kier alpha value is -0.0800. The molecule has 1 aliphatic carbocycles. The smallest absolute Gasteiger partial charge is 0.190 e. The highest BCUT2D eigenvalue weighted by atomic mass is 127. The van der Waals surface area contributed by atoms with E-state index in [1.807, 2.05) is 7.05 Å². The quantitative estimate of drug-likeness (QED) is 0.270. The van der Waals surface area contributed by atoms with Crippen LogP contribution in [0, 0.1) is 5.92 Å². The van der Waals surface area contributed by atoms with Crippen LogP contribution in [0.15, 0.2) is 4.99 Å². The van der Waals surface area contributed by atoms with Crippen LogP contribution in [0.4, 0.5) is 0 Å². The molecule has 2 N–H and O–H groups in total. The molecule has 0 radical (unpaired) electrons. The van der Waals surface area contributed by atoms with Gasteiger partial charge < -0.3 is 20.3 Å². The lowest BCUT2D eigenvalue weighted by Crippen LogP contribution is -2.42. The van der Waals surface area contributed by atoms with Crippen molar-refractivity contribution in [1.29, 1.82) is 0 Å². The van der Waals surface area contributed by atoms with Crippen molar-refractivity contribution in [1.82, 2.24) is 15.5 Å². The van der Waals surface area contributed by atoms with Gasteiger partial charge in [0.05, 0.1) is 6.10 Å². The Morgan fingerprint density at radius 1 is 1.08 bits per heavy atom. The minimum absolute atomic E-state index is 0. The van der Waals surface area contributed by atoms with Gasteiger partial charge in [-0.25, -0.2) is 0 Å². The number of nitrogens with one attached hydrogen (secondary N) is 2. The summed E-state index contributed by atoms with van der Waals surface area (Å²) in [4.78, 5) is 6.73. The molecule has 5 nitrogen and oxygen atoms in total. The Morgan fingerprint density at radius 3 is 2.46 bits per heavy atom. The van der Waals surface area contributed by atoms with Gasteiger partial charge in [-0.3, -0.25) is 4.99 Å². The first-order valence-electron chi connectivity index (χ1n) is 9.52. The normalized spacial score (nSPS) is 21.3. The molecule has 0 spiro atoms. The largest absolute Gasteiger partial charge is 0.378 e. The summed E-state index contributed by atoms with van der Waals surface area (Å²) in [5, 5.41) is 6.88. The van der Waals surface area contributed by atoms with Crippen LogP contribution in [0.25, 0.3) is 0 Å². The zero-order chi connectivity index (χ0) is 16.3. The summed E-state index contributed by atoms with van der Waals surface area (Å²) in [6.45, 7) is 5.27. The second kappa shape index (κ2) is 13.2. The second-order valence-electron chi connectivity index (χ2n) is 7.11. The lowest BCUT2D eigenvalue weighted by atomic mass is 9.97. The summed E-state index contributed by atoms with van der Waals surface area (Å²) in [5.74, 6) is 1.71. The lowest BCUT2D eigenvalue weighted by molar-refractivity contribution is 0.0277. The minimum Gasteiger partial charge on any atom is -0.378 e. The number of likely N-dealkylation sites (tertiary alicyclic amines) is 1. The number of piperidine rings is 1. The molecule has 0 unspecified atom stereocenters. The van der Waals surface area contributed by atoms with Crippen molar-refractivity contribution in [2.24, 2.45) is 10.9 Å². The summed E-state index contributed by atoms with van der Waals surface area (Å²) in [5.41, 5.74) is 0. The topological polar surface area (TPSA) is 48.9 Å². The molecule has 6 heteroatoms. The monoisotopic (exact) mass is 452 g/mol. The van der Waals surface area contributed by atoms with E-state index in [0.29, 0.717) is 6.10 Å². The molecule has 2 rings (SSSR count). The first-order chi connectivity index (χ1) is 11.3. The predicted octanol–water partition coefficient (Wildman–Crippen LogP) is 2.85. The molecule has 0 aromatic rings. The van der Waals surface area contributed by atoms with Crippen LogP contribution < -0.4 is 10.6 Å². The highest BCUT2D eigenvalue weighted by molar-refractivity contribution is 14.0. The third-order valence-corrected chi connectivity index (χ3v) is 5.14. The molecule has 1 saturated heterocycles. The Balaban J connectivity index is 0.00000288. The van der Waals surface area contributed by atoms with E-state index in [1.54, 1.807) is 0 Å². The van der Waals surface area contributed by atoms with E-state index in [1.165, 1.54) is 58.0 Å².